The van der Waals surface area contributed by atoms with E-state index in [-0.39, 0.29) is 24.0 Å². The summed E-state index contributed by atoms with van der Waals surface area (Å²) in [6, 6.07) is 1.15. The smallest absolute Gasteiger partial charge is 0.191 e. The van der Waals surface area contributed by atoms with Crippen LogP contribution in [-0.2, 0) is 0 Å². The third-order valence-corrected chi connectivity index (χ3v) is 4.73. The number of rotatable bonds is 4. The minimum Gasteiger partial charge on any atom is -0.357 e. The molecule has 1 aliphatic carbocycles. The van der Waals surface area contributed by atoms with Crippen molar-refractivity contribution in [3.63, 3.8) is 0 Å². The van der Waals surface area contributed by atoms with Crippen molar-refractivity contribution in [1.82, 2.24) is 20.4 Å². The second kappa shape index (κ2) is 10.6. The van der Waals surface area contributed by atoms with Gasteiger partial charge in [-0.05, 0) is 33.9 Å². The molecule has 5 nitrogen and oxygen atoms in total. The lowest BCUT2D eigenvalue weighted by atomic mass is 9.96. The summed E-state index contributed by atoms with van der Waals surface area (Å²) in [5, 5.41) is 7.03. The summed E-state index contributed by atoms with van der Waals surface area (Å²) < 4.78 is 0. The van der Waals surface area contributed by atoms with E-state index in [2.05, 4.69) is 41.5 Å². The Morgan fingerprint density at radius 1 is 1.14 bits per heavy atom. The minimum absolute atomic E-state index is 0. The number of aliphatic imine (C=N–C) groups is 1. The van der Waals surface area contributed by atoms with Crippen LogP contribution >= 0.6 is 24.0 Å². The van der Waals surface area contributed by atoms with E-state index < -0.39 is 0 Å². The summed E-state index contributed by atoms with van der Waals surface area (Å²) in [6.45, 7) is 7.36. The summed E-state index contributed by atoms with van der Waals surface area (Å²) in [7, 11) is 4.42. The van der Waals surface area contributed by atoms with Crippen molar-refractivity contribution >= 4 is 29.9 Å². The van der Waals surface area contributed by atoms with E-state index in [0.717, 1.165) is 38.7 Å². The highest BCUT2D eigenvalue weighted by Crippen LogP contribution is 2.17. The van der Waals surface area contributed by atoms with Crippen LogP contribution in [-0.4, -0.2) is 74.7 Å². The molecule has 2 rings (SSSR count). The Labute approximate surface area is 153 Å². The molecule has 22 heavy (non-hydrogen) atoms. The molecule has 0 aromatic rings. The van der Waals surface area contributed by atoms with Crippen LogP contribution in [0.3, 0.4) is 0 Å². The molecule has 1 atom stereocenters. The molecule has 1 heterocycles. The topological polar surface area (TPSA) is 42.9 Å². The molecule has 6 heteroatoms. The fraction of sp³-hybridized carbons (Fsp3) is 0.938. The van der Waals surface area contributed by atoms with Gasteiger partial charge in [0.15, 0.2) is 5.96 Å². The zero-order valence-electron chi connectivity index (χ0n) is 14.5. The van der Waals surface area contributed by atoms with Gasteiger partial charge in [-0.1, -0.05) is 19.3 Å². The summed E-state index contributed by atoms with van der Waals surface area (Å²) >= 11 is 0. The molecule has 0 aromatic carbocycles. The number of likely N-dealkylation sites (N-methyl/N-ethyl adjacent to an activating group) is 2. The van der Waals surface area contributed by atoms with Crippen LogP contribution in [0.5, 0.6) is 0 Å². The summed E-state index contributed by atoms with van der Waals surface area (Å²) in [4.78, 5) is 9.68. The second-order valence-electron chi connectivity index (χ2n) is 6.60. The number of piperazine rings is 1. The molecule has 1 saturated carbocycles. The highest BCUT2D eigenvalue weighted by atomic mass is 127. The van der Waals surface area contributed by atoms with E-state index >= 15 is 0 Å². The first kappa shape index (κ1) is 20.0. The van der Waals surface area contributed by atoms with Crippen molar-refractivity contribution in [1.29, 1.82) is 0 Å². The predicted octanol–water partition coefficient (Wildman–Crippen LogP) is 1.74. The number of hydrogen-bond donors (Lipinski definition) is 2. The number of nitrogens with one attached hydrogen (secondary N) is 2. The minimum atomic E-state index is 0. The van der Waals surface area contributed by atoms with Gasteiger partial charge in [-0.25, -0.2) is 0 Å². The first-order chi connectivity index (χ1) is 10.2. The van der Waals surface area contributed by atoms with Crippen LogP contribution in [0.25, 0.3) is 0 Å². The third-order valence-electron chi connectivity index (χ3n) is 4.73. The number of hydrogen-bond acceptors (Lipinski definition) is 3. The van der Waals surface area contributed by atoms with E-state index in [4.69, 9.17) is 4.99 Å². The molecule has 0 amide bonds. The van der Waals surface area contributed by atoms with Gasteiger partial charge >= 0.3 is 0 Å². The van der Waals surface area contributed by atoms with Gasteiger partial charge in [0.1, 0.15) is 0 Å². The molecule has 1 saturated heterocycles. The van der Waals surface area contributed by atoms with Crippen molar-refractivity contribution < 1.29 is 0 Å². The quantitative estimate of drug-likeness (QED) is 0.411. The van der Waals surface area contributed by atoms with E-state index in [1.165, 1.54) is 32.1 Å². The maximum atomic E-state index is 4.84. The molecule has 0 bridgehead atoms. The van der Waals surface area contributed by atoms with E-state index in [9.17, 15) is 0 Å². The highest BCUT2D eigenvalue weighted by molar-refractivity contribution is 14.0. The molecule has 0 radical (unpaired) electrons. The van der Waals surface area contributed by atoms with Crippen molar-refractivity contribution in [2.45, 2.75) is 51.1 Å². The Morgan fingerprint density at radius 2 is 1.86 bits per heavy atom. The zero-order valence-corrected chi connectivity index (χ0v) is 16.8. The zero-order chi connectivity index (χ0) is 15.1. The van der Waals surface area contributed by atoms with Gasteiger partial charge in [-0.2, -0.15) is 0 Å². The molecular weight excluding hydrogens is 389 g/mol. The highest BCUT2D eigenvalue weighted by Gasteiger charge is 2.22. The van der Waals surface area contributed by atoms with E-state index in [1.54, 1.807) is 0 Å². The van der Waals surface area contributed by atoms with Crippen LogP contribution in [0.1, 0.15) is 39.0 Å². The van der Waals surface area contributed by atoms with Gasteiger partial charge < -0.3 is 15.5 Å². The number of nitrogens with zero attached hydrogens (tertiary/aromatic N) is 3. The first-order valence-electron chi connectivity index (χ1n) is 8.62. The fourth-order valence-electron chi connectivity index (χ4n) is 3.26. The molecule has 2 N–H and O–H groups in total. The van der Waals surface area contributed by atoms with Gasteiger partial charge in [0.25, 0.3) is 0 Å². The molecule has 1 unspecified atom stereocenters. The molecule has 0 spiro atoms. The van der Waals surface area contributed by atoms with Gasteiger partial charge in [-0.15, -0.1) is 24.0 Å². The molecular formula is C16H34IN5. The number of halogens is 1. The standard InChI is InChI=1S/C16H33N5.HI/c1-4-17-16(19-14-8-6-5-7-9-14)18-12-15-13-20(2)10-11-21(15)3;/h14-15H,4-13H2,1-3H3,(H2,17,18,19);1H. The second-order valence-corrected chi connectivity index (χ2v) is 6.60. The maximum absolute atomic E-state index is 4.84. The van der Waals surface area contributed by atoms with Gasteiger partial charge in [-0.3, -0.25) is 9.89 Å². The monoisotopic (exact) mass is 423 g/mol. The SMILES string of the molecule is CCNC(=NCC1CN(C)CCN1C)NC1CCCCC1.I. The lowest BCUT2D eigenvalue weighted by Gasteiger charge is -2.37. The van der Waals surface area contributed by atoms with Crippen LogP contribution in [0.15, 0.2) is 4.99 Å². The summed E-state index contributed by atoms with van der Waals surface area (Å²) in [5.41, 5.74) is 0. The Hall–Kier alpha value is -0.0800. The van der Waals surface area contributed by atoms with Crippen molar-refractivity contribution in [3.05, 3.63) is 0 Å². The van der Waals surface area contributed by atoms with Crippen molar-refractivity contribution in [3.8, 4) is 0 Å². The third kappa shape index (κ3) is 6.58. The molecule has 0 aromatic heterocycles. The van der Waals surface area contributed by atoms with E-state index in [0.29, 0.717) is 12.1 Å². The van der Waals surface area contributed by atoms with Crippen LogP contribution in [0.4, 0.5) is 0 Å². The largest absolute Gasteiger partial charge is 0.357 e. The Balaban J connectivity index is 0.00000242. The Morgan fingerprint density at radius 3 is 2.55 bits per heavy atom. The van der Waals surface area contributed by atoms with Gasteiger partial charge in [0, 0.05) is 38.3 Å². The van der Waals surface area contributed by atoms with E-state index in [1.807, 2.05) is 0 Å². The lowest BCUT2D eigenvalue weighted by molar-refractivity contribution is 0.119. The van der Waals surface area contributed by atoms with Crippen molar-refractivity contribution in [2.75, 3.05) is 46.8 Å². The van der Waals surface area contributed by atoms with Crippen molar-refractivity contribution in [2.24, 2.45) is 4.99 Å². The first-order valence-corrected chi connectivity index (χ1v) is 8.62. The predicted molar refractivity (Wildman–Crippen MR) is 105 cm³/mol. The normalized spacial score (nSPS) is 25.6. The van der Waals surface area contributed by atoms with Crippen LogP contribution in [0.2, 0.25) is 0 Å². The average molecular weight is 423 g/mol. The average Bonchev–Trinajstić information content (AvgIpc) is 2.49. The summed E-state index contributed by atoms with van der Waals surface area (Å²) in [6.07, 6.45) is 6.68. The maximum Gasteiger partial charge on any atom is 0.191 e. The Bertz CT molecular complexity index is 330. The molecule has 1 aliphatic heterocycles. The Kier molecular flexibility index (Phi) is 9.66. The lowest BCUT2D eigenvalue weighted by Crippen LogP contribution is -2.52. The summed E-state index contributed by atoms with van der Waals surface area (Å²) in [5.74, 6) is 1.01. The molecule has 130 valence electrons. The molecule has 2 aliphatic rings. The number of guanidine groups is 1. The fourth-order valence-corrected chi connectivity index (χ4v) is 3.26. The van der Waals surface area contributed by atoms with Crippen LogP contribution in [0, 0.1) is 0 Å². The van der Waals surface area contributed by atoms with Gasteiger partial charge in [0.2, 0.25) is 0 Å². The molecule has 2 fully saturated rings. The van der Waals surface area contributed by atoms with Gasteiger partial charge in [0.05, 0.1) is 6.54 Å². The van der Waals surface area contributed by atoms with Crippen LogP contribution < -0.4 is 10.6 Å².